The third-order valence-electron chi connectivity index (χ3n) is 2.88. The molecule has 6 nitrogen and oxygen atoms in total. The number of aryl methyl sites for hydroxylation is 1. The standard InChI is InChI=1S/C12H15NO5S/c1-19(16,17)13-7-8-2-4-10-9(6-8)3-5-11(18-10)12(14)15/h2,4,6,11,13H,3,5,7H2,1H3,(H,14,15). The van der Waals surface area contributed by atoms with Crippen LogP contribution in [0.5, 0.6) is 5.75 Å². The summed E-state index contributed by atoms with van der Waals surface area (Å²) in [5.74, 6) is -0.407. The molecule has 104 valence electrons. The summed E-state index contributed by atoms with van der Waals surface area (Å²) in [6.07, 6.45) is 1.34. The summed E-state index contributed by atoms with van der Waals surface area (Å²) in [4.78, 5) is 10.8. The Morgan fingerprint density at radius 3 is 2.89 bits per heavy atom. The van der Waals surface area contributed by atoms with Crippen LogP contribution in [-0.2, 0) is 27.8 Å². The number of fused-ring (bicyclic) bond motifs is 1. The minimum atomic E-state index is -3.22. The van der Waals surface area contributed by atoms with Crippen LogP contribution >= 0.6 is 0 Å². The molecule has 0 aromatic heterocycles. The zero-order valence-electron chi connectivity index (χ0n) is 10.4. The zero-order chi connectivity index (χ0) is 14.0. The molecule has 0 aliphatic carbocycles. The van der Waals surface area contributed by atoms with Gasteiger partial charge in [0.25, 0.3) is 0 Å². The SMILES string of the molecule is CS(=O)(=O)NCc1ccc2c(c1)CCC(C(=O)O)O2. The van der Waals surface area contributed by atoms with Gasteiger partial charge in [0.05, 0.1) is 6.26 Å². The van der Waals surface area contributed by atoms with Crippen molar-refractivity contribution < 1.29 is 23.1 Å². The fraction of sp³-hybridized carbons (Fsp3) is 0.417. The molecule has 2 rings (SSSR count). The largest absolute Gasteiger partial charge is 0.479 e. The van der Waals surface area contributed by atoms with E-state index in [1.165, 1.54) is 0 Å². The number of sulfonamides is 1. The lowest BCUT2D eigenvalue weighted by molar-refractivity contribution is -0.145. The highest BCUT2D eigenvalue weighted by Gasteiger charge is 2.25. The van der Waals surface area contributed by atoms with Crippen molar-refractivity contribution in [1.29, 1.82) is 0 Å². The third kappa shape index (κ3) is 3.68. The Morgan fingerprint density at radius 2 is 2.26 bits per heavy atom. The summed E-state index contributed by atoms with van der Waals surface area (Å²) >= 11 is 0. The number of rotatable bonds is 4. The Kier molecular flexibility index (Phi) is 3.77. The number of hydrogen-bond acceptors (Lipinski definition) is 4. The van der Waals surface area contributed by atoms with Crippen molar-refractivity contribution in [3.63, 3.8) is 0 Å². The second-order valence-electron chi connectivity index (χ2n) is 4.52. The van der Waals surface area contributed by atoms with E-state index in [0.29, 0.717) is 18.6 Å². The first-order valence-corrected chi connectivity index (χ1v) is 7.70. The molecule has 0 amide bonds. The van der Waals surface area contributed by atoms with Crippen molar-refractivity contribution >= 4 is 16.0 Å². The van der Waals surface area contributed by atoms with Crippen LogP contribution in [0.3, 0.4) is 0 Å². The monoisotopic (exact) mass is 285 g/mol. The summed E-state index contributed by atoms with van der Waals surface area (Å²) in [6.45, 7) is 0.217. The highest BCUT2D eigenvalue weighted by molar-refractivity contribution is 7.88. The first-order chi connectivity index (χ1) is 8.85. The minimum Gasteiger partial charge on any atom is -0.479 e. The maximum atomic E-state index is 11.0. The molecule has 0 bridgehead atoms. The summed E-state index contributed by atoms with van der Waals surface area (Å²) < 4.78 is 29.8. The number of aliphatic carboxylic acids is 1. The fourth-order valence-corrected chi connectivity index (χ4v) is 2.37. The van der Waals surface area contributed by atoms with E-state index >= 15 is 0 Å². The maximum absolute atomic E-state index is 11.0. The van der Waals surface area contributed by atoms with Crippen molar-refractivity contribution in [2.24, 2.45) is 0 Å². The Bertz CT molecular complexity index is 596. The first-order valence-electron chi connectivity index (χ1n) is 5.81. The normalized spacial score (nSPS) is 18.5. The lowest BCUT2D eigenvalue weighted by atomic mass is 10.00. The van der Waals surface area contributed by atoms with Crippen LogP contribution in [0.15, 0.2) is 18.2 Å². The highest BCUT2D eigenvalue weighted by atomic mass is 32.2. The van der Waals surface area contributed by atoms with E-state index in [-0.39, 0.29) is 6.54 Å². The summed E-state index contributed by atoms with van der Waals surface area (Å²) in [5, 5.41) is 8.89. The molecule has 7 heteroatoms. The smallest absolute Gasteiger partial charge is 0.344 e. The van der Waals surface area contributed by atoms with Gasteiger partial charge in [0.1, 0.15) is 5.75 Å². The minimum absolute atomic E-state index is 0.217. The highest BCUT2D eigenvalue weighted by Crippen LogP contribution is 2.28. The van der Waals surface area contributed by atoms with E-state index in [9.17, 15) is 13.2 Å². The fourth-order valence-electron chi connectivity index (χ4n) is 1.94. The van der Waals surface area contributed by atoms with Gasteiger partial charge in [0.15, 0.2) is 6.10 Å². The quantitative estimate of drug-likeness (QED) is 0.841. The lowest BCUT2D eigenvalue weighted by Crippen LogP contribution is -2.31. The van der Waals surface area contributed by atoms with Crippen LogP contribution in [0, 0.1) is 0 Å². The van der Waals surface area contributed by atoms with Crippen molar-refractivity contribution in [1.82, 2.24) is 4.72 Å². The third-order valence-corrected chi connectivity index (χ3v) is 3.55. The predicted molar refractivity (Wildman–Crippen MR) is 68.5 cm³/mol. The van der Waals surface area contributed by atoms with Crippen LogP contribution in [0.1, 0.15) is 17.5 Å². The summed E-state index contributed by atoms with van der Waals surface area (Å²) in [5.41, 5.74) is 1.73. The number of carboxylic acids is 1. The van der Waals surface area contributed by atoms with E-state index < -0.39 is 22.1 Å². The maximum Gasteiger partial charge on any atom is 0.344 e. The number of carbonyl (C=O) groups is 1. The van der Waals surface area contributed by atoms with E-state index in [2.05, 4.69) is 4.72 Å². The van der Waals surface area contributed by atoms with Gasteiger partial charge in [0.2, 0.25) is 10.0 Å². The second kappa shape index (κ2) is 5.18. The van der Waals surface area contributed by atoms with Gasteiger partial charge < -0.3 is 9.84 Å². The molecule has 0 fully saturated rings. The molecule has 19 heavy (non-hydrogen) atoms. The Balaban J connectivity index is 2.11. The topological polar surface area (TPSA) is 92.7 Å². The van der Waals surface area contributed by atoms with Gasteiger partial charge in [-0.2, -0.15) is 0 Å². The van der Waals surface area contributed by atoms with Crippen LogP contribution < -0.4 is 9.46 Å². The lowest BCUT2D eigenvalue weighted by Gasteiger charge is -2.23. The van der Waals surface area contributed by atoms with Crippen molar-refractivity contribution in [3.05, 3.63) is 29.3 Å². The summed E-state index contributed by atoms with van der Waals surface area (Å²) in [6, 6.07) is 5.25. The molecule has 1 unspecified atom stereocenters. The molecule has 1 aromatic carbocycles. The number of ether oxygens (including phenoxy) is 1. The van der Waals surface area contributed by atoms with Gasteiger partial charge in [-0.15, -0.1) is 0 Å². The Labute approximate surface area is 111 Å². The van der Waals surface area contributed by atoms with Crippen LogP contribution in [0.4, 0.5) is 0 Å². The van der Waals surface area contributed by atoms with Gasteiger partial charge in [-0.25, -0.2) is 17.9 Å². The molecule has 0 spiro atoms. The van der Waals surface area contributed by atoms with Crippen molar-refractivity contribution in [2.45, 2.75) is 25.5 Å². The molecule has 1 aliphatic rings. The second-order valence-corrected chi connectivity index (χ2v) is 6.35. The van der Waals surface area contributed by atoms with Gasteiger partial charge in [-0.3, -0.25) is 0 Å². The number of nitrogens with one attached hydrogen (secondary N) is 1. The Hall–Kier alpha value is -1.60. The van der Waals surface area contributed by atoms with Gasteiger partial charge in [0, 0.05) is 6.54 Å². The van der Waals surface area contributed by atoms with Crippen molar-refractivity contribution in [3.8, 4) is 5.75 Å². The van der Waals surface area contributed by atoms with Gasteiger partial charge in [-0.1, -0.05) is 12.1 Å². The molecule has 2 N–H and O–H groups in total. The molecular formula is C12H15NO5S. The molecule has 0 saturated heterocycles. The van der Waals surface area contributed by atoms with Crippen LogP contribution in [-0.4, -0.2) is 31.9 Å². The molecule has 1 atom stereocenters. The van der Waals surface area contributed by atoms with E-state index in [1.54, 1.807) is 12.1 Å². The van der Waals surface area contributed by atoms with Crippen LogP contribution in [0.25, 0.3) is 0 Å². The van der Waals surface area contributed by atoms with Crippen molar-refractivity contribution in [2.75, 3.05) is 6.26 Å². The number of benzene rings is 1. The Morgan fingerprint density at radius 1 is 1.53 bits per heavy atom. The zero-order valence-corrected chi connectivity index (χ0v) is 11.2. The van der Waals surface area contributed by atoms with E-state index in [1.807, 2.05) is 6.07 Å². The molecule has 0 radical (unpaired) electrons. The average Bonchev–Trinajstić information content (AvgIpc) is 2.34. The average molecular weight is 285 g/mol. The molecule has 1 heterocycles. The van der Waals surface area contributed by atoms with E-state index in [0.717, 1.165) is 17.4 Å². The molecule has 1 aliphatic heterocycles. The van der Waals surface area contributed by atoms with Gasteiger partial charge >= 0.3 is 5.97 Å². The molecular weight excluding hydrogens is 270 g/mol. The predicted octanol–water partition coefficient (Wildman–Crippen LogP) is 0.514. The first kappa shape index (κ1) is 13.8. The molecule has 1 aromatic rings. The van der Waals surface area contributed by atoms with Gasteiger partial charge in [-0.05, 0) is 30.0 Å². The molecule has 0 saturated carbocycles. The summed E-state index contributed by atoms with van der Waals surface area (Å²) in [7, 11) is -3.22. The van der Waals surface area contributed by atoms with Crippen LogP contribution in [0.2, 0.25) is 0 Å². The number of hydrogen-bond donors (Lipinski definition) is 2. The number of carboxylic acid groups (broad SMARTS) is 1. The van der Waals surface area contributed by atoms with E-state index in [4.69, 9.17) is 9.84 Å².